The van der Waals surface area contributed by atoms with Crippen LogP contribution in [-0.2, 0) is 0 Å². The molecule has 1 aliphatic rings. The summed E-state index contributed by atoms with van der Waals surface area (Å²) in [5.74, 6) is 0.940. The molecule has 0 amide bonds. The van der Waals surface area contributed by atoms with Crippen LogP contribution in [0.1, 0.15) is 44.6 Å². The van der Waals surface area contributed by atoms with Gasteiger partial charge in [0.25, 0.3) is 0 Å². The fourth-order valence-corrected chi connectivity index (χ4v) is 3.06. The van der Waals surface area contributed by atoms with Crippen molar-refractivity contribution in [3.05, 3.63) is 29.8 Å². The Kier molecular flexibility index (Phi) is 6.05. The number of amidine groups is 1. The fourth-order valence-electron chi connectivity index (χ4n) is 3.06. The lowest BCUT2D eigenvalue weighted by Crippen LogP contribution is -2.39. The minimum absolute atomic E-state index is 0.0935. The first-order valence-electron chi connectivity index (χ1n) is 8.02. The number of benzene rings is 1. The molecule has 0 atom stereocenters. The SMILES string of the molecule is CCN(CCOc1ccc(C(=N)N)cc1)C1CCCCC1. The van der Waals surface area contributed by atoms with Gasteiger partial charge in [0.15, 0.2) is 0 Å². The summed E-state index contributed by atoms with van der Waals surface area (Å²) in [7, 11) is 0. The molecule has 1 aromatic rings. The van der Waals surface area contributed by atoms with Crippen LogP contribution in [0, 0.1) is 5.41 Å². The van der Waals surface area contributed by atoms with Crippen LogP contribution in [0.4, 0.5) is 0 Å². The third-order valence-corrected chi connectivity index (χ3v) is 4.31. The summed E-state index contributed by atoms with van der Waals surface area (Å²) in [6, 6.07) is 8.17. The Bertz CT molecular complexity index is 438. The standard InChI is InChI=1S/C17H27N3O/c1-2-20(15-6-4-3-5-7-15)12-13-21-16-10-8-14(9-11-16)17(18)19/h8-11,15H,2-7,12-13H2,1H3,(H3,18,19). The highest BCUT2D eigenvalue weighted by molar-refractivity contribution is 5.94. The minimum atomic E-state index is 0.0935. The molecule has 0 unspecified atom stereocenters. The number of nitrogen functional groups attached to an aromatic ring is 1. The summed E-state index contributed by atoms with van der Waals surface area (Å²) in [6.07, 6.45) is 6.80. The third-order valence-electron chi connectivity index (χ3n) is 4.31. The molecular weight excluding hydrogens is 262 g/mol. The number of hydrogen-bond donors (Lipinski definition) is 2. The zero-order valence-electron chi connectivity index (χ0n) is 13.0. The molecule has 1 saturated carbocycles. The summed E-state index contributed by atoms with van der Waals surface area (Å²) in [6.45, 7) is 5.02. The number of rotatable bonds is 7. The van der Waals surface area contributed by atoms with Gasteiger partial charge >= 0.3 is 0 Å². The summed E-state index contributed by atoms with van der Waals surface area (Å²) in [5.41, 5.74) is 6.18. The van der Waals surface area contributed by atoms with Crippen LogP contribution in [0.5, 0.6) is 5.75 Å². The van der Waals surface area contributed by atoms with Gasteiger partial charge in [0.1, 0.15) is 18.2 Å². The smallest absolute Gasteiger partial charge is 0.122 e. The van der Waals surface area contributed by atoms with E-state index in [4.69, 9.17) is 15.9 Å². The van der Waals surface area contributed by atoms with Gasteiger partial charge in [0.05, 0.1) is 0 Å². The molecule has 1 fully saturated rings. The molecule has 0 bridgehead atoms. The lowest BCUT2D eigenvalue weighted by molar-refractivity contribution is 0.137. The van der Waals surface area contributed by atoms with Crippen molar-refractivity contribution in [2.24, 2.45) is 5.73 Å². The zero-order valence-corrected chi connectivity index (χ0v) is 13.0. The van der Waals surface area contributed by atoms with Crippen molar-refractivity contribution < 1.29 is 4.74 Å². The second-order valence-electron chi connectivity index (χ2n) is 5.71. The van der Waals surface area contributed by atoms with Crippen LogP contribution >= 0.6 is 0 Å². The number of nitrogens with zero attached hydrogens (tertiary/aromatic N) is 1. The normalized spacial score (nSPS) is 16.1. The summed E-state index contributed by atoms with van der Waals surface area (Å²) < 4.78 is 5.81. The molecular formula is C17H27N3O. The Morgan fingerprint density at radius 3 is 2.48 bits per heavy atom. The van der Waals surface area contributed by atoms with Crippen molar-refractivity contribution in [3.63, 3.8) is 0 Å². The van der Waals surface area contributed by atoms with Crippen LogP contribution in [0.2, 0.25) is 0 Å². The second-order valence-corrected chi connectivity index (χ2v) is 5.71. The van der Waals surface area contributed by atoms with E-state index in [-0.39, 0.29) is 5.84 Å². The molecule has 0 spiro atoms. The number of ether oxygens (including phenoxy) is 1. The molecule has 0 radical (unpaired) electrons. The van der Waals surface area contributed by atoms with Gasteiger partial charge in [-0.2, -0.15) is 0 Å². The quantitative estimate of drug-likeness (QED) is 0.599. The van der Waals surface area contributed by atoms with Crippen LogP contribution in [0.25, 0.3) is 0 Å². The Labute approximate surface area is 127 Å². The van der Waals surface area contributed by atoms with E-state index in [0.29, 0.717) is 6.61 Å². The summed E-state index contributed by atoms with van der Waals surface area (Å²) >= 11 is 0. The molecule has 1 aromatic carbocycles. The molecule has 0 aliphatic heterocycles. The molecule has 4 heteroatoms. The van der Waals surface area contributed by atoms with Crippen molar-refractivity contribution in [2.45, 2.75) is 45.1 Å². The van der Waals surface area contributed by atoms with Crippen molar-refractivity contribution >= 4 is 5.84 Å². The molecule has 1 aliphatic carbocycles. The van der Waals surface area contributed by atoms with Gasteiger partial charge in [0.2, 0.25) is 0 Å². The van der Waals surface area contributed by atoms with Crippen LogP contribution < -0.4 is 10.5 Å². The molecule has 0 aromatic heterocycles. The van der Waals surface area contributed by atoms with Gasteiger partial charge in [-0.05, 0) is 43.7 Å². The van der Waals surface area contributed by atoms with Gasteiger partial charge in [-0.25, -0.2) is 0 Å². The third kappa shape index (κ3) is 4.74. The zero-order chi connectivity index (χ0) is 15.1. The monoisotopic (exact) mass is 289 g/mol. The molecule has 0 heterocycles. The van der Waals surface area contributed by atoms with Gasteiger partial charge in [-0.1, -0.05) is 26.2 Å². The topological polar surface area (TPSA) is 62.3 Å². The maximum absolute atomic E-state index is 7.37. The largest absolute Gasteiger partial charge is 0.492 e. The average Bonchev–Trinajstić information content (AvgIpc) is 2.53. The molecule has 4 nitrogen and oxygen atoms in total. The van der Waals surface area contributed by atoms with Gasteiger partial charge in [-0.15, -0.1) is 0 Å². The predicted molar refractivity (Wildman–Crippen MR) is 87.1 cm³/mol. The molecule has 2 rings (SSSR count). The van der Waals surface area contributed by atoms with Crippen molar-refractivity contribution in [3.8, 4) is 5.75 Å². The van der Waals surface area contributed by atoms with Crippen LogP contribution in [0.3, 0.4) is 0 Å². The highest BCUT2D eigenvalue weighted by Crippen LogP contribution is 2.22. The first kappa shape index (κ1) is 15.8. The minimum Gasteiger partial charge on any atom is -0.492 e. The van der Waals surface area contributed by atoms with Gasteiger partial charge < -0.3 is 10.5 Å². The lowest BCUT2D eigenvalue weighted by atomic mass is 9.94. The highest BCUT2D eigenvalue weighted by Gasteiger charge is 2.19. The average molecular weight is 289 g/mol. The summed E-state index contributed by atoms with van der Waals surface area (Å²) in [4.78, 5) is 2.54. The Morgan fingerprint density at radius 1 is 1.24 bits per heavy atom. The number of nitrogens with one attached hydrogen (secondary N) is 1. The maximum Gasteiger partial charge on any atom is 0.122 e. The van der Waals surface area contributed by atoms with Crippen LogP contribution in [0.15, 0.2) is 24.3 Å². The molecule has 0 saturated heterocycles. The predicted octanol–water partition coefficient (Wildman–Crippen LogP) is 3.00. The summed E-state index contributed by atoms with van der Waals surface area (Å²) in [5, 5.41) is 7.37. The molecule has 21 heavy (non-hydrogen) atoms. The van der Waals surface area contributed by atoms with Crippen molar-refractivity contribution in [1.29, 1.82) is 5.41 Å². The second kappa shape index (κ2) is 8.03. The van der Waals surface area contributed by atoms with E-state index in [9.17, 15) is 0 Å². The lowest BCUT2D eigenvalue weighted by Gasteiger charge is -2.33. The molecule has 116 valence electrons. The van der Waals surface area contributed by atoms with E-state index in [1.54, 1.807) is 0 Å². The Balaban J connectivity index is 1.77. The van der Waals surface area contributed by atoms with E-state index in [0.717, 1.165) is 30.4 Å². The first-order chi connectivity index (χ1) is 10.2. The number of likely N-dealkylation sites (N-methyl/N-ethyl adjacent to an activating group) is 1. The maximum atomic E-state index is 7.37. The first-order valence-corrected chi connectivity index (χ1v) is 8.02. The van der Waals surface area contributed by atoms with E-state index in [1.165, 1.54) is 32.1 Å². The van der Waals surface area contributed by atoms with Crippen molar-refractivity contribution in [1.82, 2.24) is 4.90 Å². The van der Waals surface area contributed by atoms with Crippen LogP contribution in [-0.4, -0.2) is 36.5 Å². The van der Waals surface area contributed by atoms with Gasteiger partial charge in [0, 0.05) is 18.2 Å². The van der Waals surface area contributed by atoms with Gasteiger partial charge in [-0.3, -0.25) is 10.3 Å². The Hall–Kier alpha value is -1.55. The van der Waals surface area contributed by atoms with E-state index >= 15 is 0 Å². The number of hydrogen-bond acceptors (Lipinski definition) is 3. The van der Waals surface area contributed by atoms with E-state index in [1.807, 2.05) is 24.3 Å². The Morgan fingerprint density at radius 2 is 1.90 bits per heavy atom. The van der Waals surface area contributed by atoms with Crippen molar-refractivity contribution in [2.75, 3.05) is 19.7 Å². The number of nitrogens with two attached hydrogens (primary N) is 1. The molecule has 3 N–H and O–H groups in total. The fraction of sp³-hybridized carbons (Fsp3) is 0.588. The van der Waals surface area contributed by atoms with E-state index in [2.05, 4.69) is 11.8 Å². The highest BCUT2D eigenvalue weighted by atomic mass is 16.5. The van der Waals surface area contributed by atoms with E-state index < -0.39 is 0 Å².